The highest BCUT2D eigenvalue weighted by Crippen LogP contribution is 2.67. The second-order valence-electron chi connectivity index (χ2n) is 19.7. The molecular formula is C56H59NO6. The van der Waals surface area contributed by atoms with Crippen molar-refractivity contribution in [1.82, 2.24) is 0 Å². The molecule has 63 heavy (non-hydrogen) atoms. The van der Waals surface area contributed by atoms with Crippen LogP contribution < -0.4 is 28.6 Å². The maximum absolute atomic E-state index is 7.95. The van der Waals surface area contributed by atoms with Crippen LogP contribution in [0, 0.1) is 17.8 Å². The monoisotopic (exact) mass is 841 g/mol. The van der Waals surface area contributed by atoms with Gasteiger partial charge in [-0.15, -0.1) is 0 Å². The molecule has 2 aliphatic heterocycles. The molecule has 6 aromatic carbocycles. The molecule has 1 saturated heterocycles. The van der Waals surface area contributed by atoms with Crippen molar-refractivity contribution in [2.75, 3.05) is 59.6 Å². The van der Waals surface area contributed by atoms with E-state index in [0.717, 1.165) is 100.0 Å². The minimum Gasteiger partial charge on any atom is -0.497 e. The lowest BCUT2D eigenvalue weighted by atomic mass is 9.52. The van der Waals surface area contributed by atoms with E-state index in [1.807, 2.05) is 36.4 Å². The summed E-state index contributed by atoms with van der Waals surface area (Å²) in [5.41, 5.74) is 12.1. The SMILES string of the molecule is COc1ccc(C2(c3ccc(OC)cc3)C=Cc3c4c(c5cc(N6CCOCC6)c(-c6ccc(OC)cc6OC)cc5c3O2)-c2ccc(C)cc2C42CC(C)(C)CC(C)(C)C2)cc1. The van der Waals surface area contributed by atoms with Crippen LogP contribution in [-0.2, 0) is 15.8 Å². The van der Waals surface area contributed by atoms with Gasteiger partial charge in [0, 0.05) is 63.5 Å². The Morgan fingerprint density at radius 3 is 1.79 bits per heavy atom. The number of anilines is 1. The van der Waals surface area contributed by atoms with Crippen LogP contribution in [0.1, 0.15) is 80.3 Å². The molecule has 4 aliphatic rings. The van der Waals surface area contributed by atoms with Crippen LogP contribution in [0.3, 0.4) is 0 Å². The van der Waals surface area contributed by atoms with Crippen molar-refractivity contribution < 1.29 is 28.4 Å². The standard InChI is InChI=1S/C56H59NO6/c1-35-10-20-42-47(28-35)55(33-53(2,3)32-54(4,5)34-55)51-43-22-23-56(36-11-15-38(58-6)16-12-36,37-13-17-39(59-7)18-14-37)63-52(43)46-30-44(41-21-19-40(60-8)29-49(41)61-9)48(31-45(46)50(42)51)57-24-26-62-27-25-57/h10-23,28-31H,24-27,32-34H2,1-9H3. The van der Waals surface area contributed by atoms with E-state index in [0.29, 0.717) is 13.2 Å². The van der Waals surface area contributed by atoms with Gasteiger partial charge < -0.3 is 33.3 Å². The Labute approximate surface area is 372 Å². The average Bonchev–Trinajstić information content (AvgIpc) is 3.54. The summed E-state index contributed by atoms with van der Waals surface area (Å²) in [4.78, 5) is 2.49. The molecule has 0 amide bonds. The quantitative estimate of drug-likeness (QED) is 0.151. The molecule has 7 nitrogen and oxygen atoms in total. The van der Waals surface area contributed by atoms with Gasteiger partial charge in [0.25, 0.3) is 0 Å². The van der Waals surface area contributed by atoms with Crippen LogP contribution in [0.2, 0.25) is 0 Å². The van der Waals surface area contributed by atoms with Gasteiger partial charge in [0.1, 0.15) is 28.7 Å². The van der Waals surface area contributed by atoms with Crippen molar-refractivity contribution in [3.63, 3.8) is 0 Å². The van der Waals surface area contributed by atoms with Crippen LogP contribution in [0.15, 0.2) is 103 Å². The lowest BCUT2D eigenvalue weighted by Crippen LogP contribution is -2.44. The largest absolute Gasteiger partial charge is 0.497 e. The van der Waals surface area contributed by atoms with E-state index < -0.39 is 5.60 Å². The minimum atomic E-state index is -0.978. The van der Waals surface area contributed by atoms with E-state index in [-0.39, 0.29) is 16.2 Å². The Morgan fingerprint density at radius 2 is 1.19 bits per heavy atom. The lowest BCUT2D eigenvalue weighted by molar-refractivity contribution is 0.0641. The lowest BCUT2D eigenvalue weighted by Gasteiger charge is -2.52. The molecule has 2 heterocycles. The van der Waals surface area contributed by atoms with Gasteiger partial charge in [-0.2, -0.15) is 0 Å². The van der Waals surface area contributed by atoms with Crippen molar-refractivity contribution in [3.05, 3.63) is 137 Å². The molecule has 6 aromatic rings. The van der Waals surface area contributed by atoms with Crippen LogP contribution in [0.4, 0.5) is 5.69 Å². The van der Waals surface area contributed by atoms with Gasteiger partial charge in [0.2, 0.25) is 0 Å². The molecule has 324 valence electrons. The molecule has 1 spiro atoms. The summed E-state index contributed by atoms with van der Waals surface area (Å²) in [7, 11) is 6.84. The maximum Gasteiger partial charge on any atom is 0.178 e. The smallest absolute Gasteiger partial charge is 0.178 e. The van der Waals surface area contributed by atoms with E-state index >= 15 is 0 Å². The third-order valence-corrected chi connectivity index (χ3v) is 14.2. The number of morpholine rings is 1. The normalized spacial score (nSPS) is 18.6. The number of nitrogens with zero attached hydrogens (tertiary/aromatic N) is 1. The van der Waals surface area contributed by atoms with E-state index in [2.05, 4.69) is 112 Å². The Morgan fingerprint density at radius 1 is 0.587 bits per heavy atom. The number of methoxy groups -OCH3 is 4. The highest BCUT2D eigenvalue weighted by molar-refractivity contribution is 6.12. The first kappa shape index (κ1) is 41.1. The second kappa shape index (κ2) is 15.1. The first-order valence-electron chi connectivity index (χ1n) is 22.3. The van der Waals surface area contributed by atoms with Crippen molar-refractivity contribution in [3.8, 4) is 51.0 Å². The number of hydrogen-bond donors (Lipinski definition) is 0. The number of fused-ring (bicyclic) bond motifs is 10. The molecule has 7 heteroatoms. The summed E-state index contributed by atoms with van der Waals surface area (Å²) < 4.78 is 37.1. The number of aryl methyl sites for hydroxylation is 1. The van der Waals surface area contributed by atoms with E-state index in [1.54, 1.807) is 28.4 Å². The van der Waals surface area contributed by atoms with Gasteiger partial charge in [0.15, 0.2) is 5.60 Å². The number of hydrogen-bond acceptors (Lipinski definition) is 7. The van der Waals surface area contributed by atoms with Gasteiger partial charge in [-0.25, -0.2) is 0 Å². The van der Waals surface area contributed by atoms with E-state index in [4.69, 9.17) is 28.4 Å². The first-order valence-corrected chi connectivity index (χ1v) is 22.3. The third-order valence-electron chi connectivity index (χ3n) is 14.2. The highest BCUT2D eigenvalue weighted by atomic mass is 16.5. The van der Waals surface area contributed by atoms with Crippen LogP contribution in [-0.4, -0.2) is 54.7 Å². The first-order chi connectivity index (χ1) is 30.3. The summed E-state index contributed by atoms with van der Waals surface area (Å²) in [5.74, 6) is 3.95. The zero-order valence-corrected chi connectivity index (χ0v) is 38.2. The van der Waals surface area contributed by atoms with Gasteiger partial charge in [-0.05, 0) is 119 Å². The molecule has 2 aliphatic carbocycles. The second-order valence-corrected chi connectivity index (χ2v) is 19.7. The molecule has 1 saturated carbocycles. The van der Waals surface area contributed by atoms with Gasteiger partial charge in [-0.1, -0.05) is 81.8 Å². The molecule has 0 radical (unpaired) electrons. The van der Waals surface area contributed by atoms with E-state index in [1.165, 1.54) is 33.2 Å². The van der Waals surface area contributed by atoms with Crippen molar-refractivity contribution in [2.45, 2.75) is 64.9 Å². The molecule has 2 fully saturated rings. The minimum absolute atomic E-state index is 0.0924. The fourth-order valence-electron chi connectivity index (χ4n) is 12.3. The number of rotatable bonds is 8. The van der Waals surface area contributed by atoms with Gasteiger partial charge in [-0.3, -0.25) is 0 Å². The summed E-state index contributed by atoms with van der Waals surface area (Å²) >= 11 is 0. The van der Waals surface area contributed by atoms with Crippen molar-refractivity contribution in [1.29, 1.82) is 0 Å². The predicted octanol–water partition coefficient (Wildman–Crippen LogP) is 12.5. The number of benzene rings is 6. The van der Waals surface area contributed by atoms with Crippen LogP contribution in [0.5, 0.6) is 28.7 Å². The third kappa shape index (κ3) is 6.65. The molecule has 0 bridgehead atoms. The Bertz CT molecular complexity index is 2710. The van der Waals surface area contributed by atoms with Crippen LogP contribution in [0.25, 0.3) is 39.1 Å². The highest BCUT2D eigenvalue weighted by Gasteiger charge is 2.55. The van der Waals surface area contributed by atoms with Crippen molar-refractivity contribution >= 4 is 22.5 Å². The zero-order chi connectivity index (χ0) is 43.9. The Balaban J connectivity index is 1.35. The van der Waals surface area contributed by atoms with E-state index in [9.17, 15) is 0 Å². The summed E-state index contributed by atoms with van der Waals surface area (Å²) in [6.07, 6.45) is 7.93. The molecule has 0 atom stereocenters. The fourth-order valence-corrected chi connectivity index (χ4v) is 12.3. The molecule has 10 rings (SSSR count). The topological polar surface area (TPSA) is 58.6 Å². The summed E-state index contributed by atoms with van der Waals surface area (Å²) in [6.45, 7) is 15.0. The maximum atomic E-state index is 7.95. The summed E-state index contributed by atoms with van der Waals surface area (Å²) in [6, 6.07) is 34.8. The molecule has 0 aromatic heterocycles. The molecule has 0 N–H and O–H groups in total. The van der Waals surface area contributed by atoms with Gasteiger partial charge >= 0.3 is 0 Å². The van der Waals surface area contributed by atoms with Crippen molar-refractivity contribution in [2.24, 2.45) is 10.8 Å². The van der Waals surface area contributed by atoms with Gasteiger partial charge in [0.05, 0.1) is 41.7 Å². The average molecular weight is 842 g/mol. The molecule has 0 unspecified atom stereocenters. The Kier molecular flexibility index (Phi) is 9.87. The Hall–Kier alpha value is -5.92. The number of ether oxygens (including phenoxy) is 6. The fraction of sp³-hybridized carbons (Fsp3) is 0.357. The summed E-state index contributed by atoms with van der Waals surface area (Å²) in [5, 5.41) is 2.25. The molecular weight excluding hydrogens is 783 g/mol. The predicted molar refractivity (Wildman–Crippen MR) is 254 cm³/mol. The zero-order valence-electron chi connectivity index (χ0n) is 38.2. The van der Waals surface area contributed by atoms with Crippen LogP contribution >= 0.6 is 0 Å².